The molecule has 2 aromatic heterocycles. The van der Waals surface area contributed by atoms with Crippen LogP contribution in [0.5, 0.6) is 5.75 Å². The number of imidazole rings is 1. The minimum absolute atomic E-state index is 0. The fraction of sp³-hybridized carbons (Fsp3) is 0.217. The van der Waals surface area contributed by atoms with E-state index in [4.69, 9.17) is 32.5 Å². The zero-order valence-corrected chi connectivity index (χ0v) is 21.8. The van der Waals surface area contributed by atoms with E-state index < -0.39 is 5.97 Å². The van der Waals surface area contributed by atoms with Crippen LogP contribution in [-0.4, -0.2) is 27.6 Å². The molecule has 0 amide bonds. The molecule has 0 aliphatic heterocycles. The van der Waals surface area contributed by atoms with Crippen molar-refractivity contribution in [1.29, 1.82) is 0 Å². The topological polar surface area (TPSA) is 122 Å². The van der Waals surface area contributed by atoms with Gasteiger partial charge in [0.05, 0.1) is 20.7 Å². The Morgan fingerprint density at radius 3 is 2.41 bits per heavy atom. The third-order valence-electron chi connectivity index (χ3n) is 5.50. The number of esters is 1. The summed E-state index contributed by atoms with van der Waals surface area (Å²) in [7, 11) is 3.58. The molecule has 2 heterocycles. The molecule has 4 N–H and O–H groups in total. The van der Waals surface area contributed by atoms with Crippen LogP contribution in [0.25, 0.3) is 22.2 Å². The maximum atomic E-state index is 12.6. The maximum absolute atomic E-state index is 12.6. The number of nitrogens with zero attached hydrogens (tertiary/aromatic N) is 4. The molecule has 34 heavy (non-hydrogen) atoms. The summed E-state index contributed by atoms with van der Waals surface area (Å²) in [4.78, 5) is 20.3. The van der Waals surface area contributed by atoms with Crippen molar-refractivity contribution < 1.29 is 42.8 Å². The van der Waals surface area contributed by atoms with E-state index in [1.807, 2.05) is 42.8 Å². The van der Waals surface area contributed by atoms with Gasteiger partial charge in [0, 0.05) is 0 Å². The SMILES string of the molecule is CCn1c(COC(=O)c2nc(Cl)c(N)nc2N)[n+](C)c2cc(-c3ccc(OC)cc3)ccc21.[I-]. The molecule has 0 radical (unpaired) electrons. The second-order valence-corrected chi connectivity index (χ2v) is 7.72. The number of halogens is 2. The molecule has 4 rings (SSSR count). The first-order valence-electron chi connectivity index (χ1n) is 10.2. The van der Waals surface area contributed by atoms with E-state index in [0.29, 0.717) is 6.54 Å². The van der Waals surface area contributed by atoms with Crippen LogP contribution in [0.1, 0.15) is 23.2 Å². The maximum Gasteiger partial charge on any atom is 0.361 e. The van der Waals surface area contributed by atoms with Crippen molar-refractivity contribution >= 4 is 40.2 Å². The monoisotopic (exact) mass is 594 g/mol. The largest absolute Gasteiger partial charge is 1.00 e. The summed E-state index contributed by atoms with van der Waals surface area (Å²) in [5.74, 6) is 0.705. The standard InChI is InChI=1S/C23H23ClN6O3.HI/c1-4-30-16-10-7-14(13-5-8-15(32-3)9-6-13)11-17(16)29(2)18(30)12-33-23(31)19-21(25)28-22(26)20(24)27-19;/h5-11H,4,12H2,1-3H3,(H3-,25,26,28,31);1H. The molecule has 0 saturated heterocycles. The molecule has 9 nitrogen and oxygen atoms in total. The van der Waals surface area contributed by atoms with Gasteiger partial charge < -0.3 is 44.9 Å². The van der Waals surface area contributed by atoms with Crippen molar-refractivity contribution in [2.24, 2.45) is 7.05 Å². The van der Waals surface area contributed by atoms with E-state index in [0.717, 1.165) is 33.7 Å². The van der Waals surface area contributed by atoms with E-state index in [9.17, 15) is 4.79 Å². The second kappa shape index (κ2) is 10.4. The van der Waals surface area contributed by atoms with Crippen LogP contribution in [-0.2, 0) is 24.9 Å². The van der Waals surface area contributed by atoms with Crippen molar-refractivity contribution in [1.82, 2.24) is 14.5 Å². The Labute approximate surface area is 218 Å². The number of nitrogen functional groups attached to an aromatic ring is 2. The highest BCUT2D eigenvalue weighted by Crippen LogP contribution is 2.26. The molecule has 0 spiro atoms. The van der Waals surface area contributed by atoms with Gasteiger partial charge in [0.15, 0.2) is 40.1 Å². The number of nitrogens with two attached hydrogens (primary N) is 2. The van der Waals surface area contributed by atoms with Gasteiger partial charge in [-0.25, -0.2) is 23.9 Å². The van der Waals surface area contributed by atoms with E-state index >= 15 is 0 Å². The Morgan fingerprint density at radius 1 is 1.09 bits per heavy atom. The predicted molar refractivity (Wildman–Crippen MR) is 126 cm³/mol. The highest BCUT2D eigenvalue weighted by molar-refractivity contribution is 6.31. The van der Waals surface area contributed by atoms with Gasteiger partial charge >= 0.3 is 5.97 Å². The molecule has 4 aromatic rings. The van der Waals surface area contributed by atoms with Crippen LogP contribution in [0.2, 0.25) is 5.15 Å². The second-order valence-electron chi connectivity index (χ2n) is 7.36. The number of hydrogen-bond acceptors (Lipinski definition) is 7. The van der Waals surface area contributed by atoms with Gasteiger partial charge in [-0.15, -0.1) is 0 Å². The van der Waals surface area contributed by atoms with Crippen LogP contribution < -0.4 is 44.7 Å². The lowest BCUT2D eigenvalue weighted by molar-refractivity contribution is -0.656. The van der Waals surface area contributed by atoms with Gasteiger partial charge in [0.1, 0.15) is 5.75 Å². The Balaban J connectivity index is 0.00000324. The summed E-state index contributed by atoms with van der Waals surface area (Å²) in [5.41, 5.74) is 15.3. The third-order valence-corrected chi connectivity index (χ3v) is 5.77. The number of ether oxygens (including phenoxy) is 2. The first kappa shape index (κ1) is 25.5. The zero-order valence-electron chi connectivity index (χ0n) is 18.9. The van der Waals surface area contributed by atoms with Crippen molar-refractivity contribution in [3.05, 3.63) is 59.1 Å². The molecular weight excluding hydrogens is 571 g/mol. The number of hydrogen-bond donors (Lipinski definition) is 2. The van der Waals surface area contributed by atoms with Gasteiger partial charge in [-0.2, -0.15) is 0 Å². The summed E-state index contributed by atoms with van der Waals surface area (Å²) in [5, 5.41) is -0.101. The number of aryl methyl sites for hydroxylation is 2. The lowest BCUT2D eigenvalue weighted by atomic mass is 10.0. The summed E-state index contributed by atoms with van der Waals surface area (Å²) in [6, 6.07) is 14.1. The van der Waals surface area contributed by atoms with E-state index in [1.165, 1.54) is 0 Å². The average Bonchev–Trinajstić information content (AvgIpc) is 3.10. The number of rotatable bonds is 6. The number of aromatic nitrogens is 4. The fourth-order valence-electron chi connectivity index (χ4n) is 3.76. The zero-order chi connectivity index (χ0) is 23.7. The highest BCUT2D eigenvalue weighted by Gasteiger charge is 2.25. The van der Waals surface area contributed by atoms with E-state index in [1.54, 1.807) is 7.11 Å². The molecule has 11 heteroatoms. The lowest BCUT2D eigenvalue weighted by Crippen LogP contribution is -3.00. The Hall–Kier alpha value is -3.12. The van der Waals surface area contributed by atoms with E-state index in [2.05, 4.69) is 32.7 Å². The Bertz CT molecular complexity index is 1360. The number of carbonyl (C=O) groups excluding carboxylic acids is 1. The summed E-state index contributed by atoms with van der Waals surface area (Å²) in [6.45, 7) is 2.74. The van der Waals surface area contributed by atoms with Crippen LogP contribution in [0, 0.1) is 0 Å². The summed E-state index contributed by atoms with van der Waals surface area (Å²) >= 11 is 5.88. The van der Waals surface area contributed by atoms with Crippen molar-refractivity contribution in [3.8, 4) is 16.9 Å². The van der Waals surface area contributed by atoms with Gasteiger partial charge in [-0.1, -0.05) is 23.7 Å². The minimum atomic E-state index is -0.728. The average molecular weight is 595 g/mol. The van der Waals surface area contributed by atoms with Gasteiger partial charge in [-0.3, -0.25) is 0 Å². The van der Waals surface area contributed by atoms with Crippen molar-refractivity contribution in [2.45, 2.75) is 20.1 Å². The molecule has 0 bridgehead atoms. The molecule has 0 aliphatic carbocycles. The molecule has 2 aromatic carbocycles. The molecule has 0 atom stereocenters. The minimum Gasteiger partial charge on any atom is -1.00 e. The quantitative estimate of drug-likeness (QED) is 0.185. The molecular formula is C23H24ClIN6O3. The fourth-order valence-corrected chi connectivity index (χ4v) is 3.89. The Morgan fingerprint density at radius 2 is 1.76 bits per heavy atom. The number of methoxy groups -OCH3 is 1. The number of fused-ring (bicyclic) bond motifs is 1. The van der Waals surface area contributed by atoms with Gasteiger partial charge in [0.25, 0.3) is 5.82 Å². The summed E-state index contributed by atoms with van der Waals surface area (Å²) < 4.78 is 14.8. The first-order chi connectivity index (χ1) is 15.8. The lowest BCUT2D eigenvalue weighted by Gasteiger charge is -2.06. The van der Waals surface area contributed by atoms with E-state index in [-0.39, 0.29) is 53.1 Å². The number of carbonyl (C=O) groups is 1. The van der Waals surface area contributed by atoms with Crippen LogP contribution in [0.3, 0.4) is 0 Å². The first-order valence-corrected chi connectivity index (χ1v) is 10.6. The Kier molecular flexibility index (Phi) is 7.82. The van der Waals surface area contributed by atoms with Crippen LogP contribution in [0.15, 0.2) is 42.5 Å². The van der Waals surface area contributed by atoms with Gasteiger partial charge in [0.2, 0.25) is 0 Å². The van der Waals surface area contributed by atoms with Crippen molar-refractivity contribution in [3.63, 3.8) is 0 Å². The van der Waals surface area contributed by atoms with Crippen molar-refractivity contribution in [2.75, 3.05) is 18.6 Å². The normalized spacial score (nSPS) is 10.7. The number of benzene rings is 2. The molecule has 178 valence electrons. The summed E-state index contributed by atoms with van der Waals surface area (Å²) in [6.07, 6.45) is 0. The van der Waals surface area contributed by atoms with Crippen LogP contribution >= 0.6 is 11.6 Å². The highest BCUT2D eigenvalue weighted by atomic mass is 127. The predicted octanol–water partition coefficient (Wildman–Crippen LogP) is 0.130. The number of anilines is 2. The molecule has 0 aliphatic rings. The molecule has 0 saturated carbocycles. The molecule has 0 unspecified atom stereocenters. The smallest absolute Gasteiger partial charge is 0.361 e. The van der Waals surface area contributed by atoms with Crippen LogP contribution in [0.4, 0.5) is 11.6 Å². The third kappa shape index (κ3) is 4.73. The van der Waals surface area contributed by atoms with Gasteiger partial charge in [-0.05, 0) is 48.4 Å². The molecule has 0 fully saturated rings.